The molecule has 2 aliphatic rings. The maximum absolute atomic E-state index is 14.4. The van der Waals surface area contributed by atoms with Crippen molar-refractivity contribution in [2.75, 3.05) is 37.8 Å². The van der Waals surface area contributed by atoms with Gasteiger partial charge in [-0.15, -0.1) is 0 Å². The van der Waals surface area contributed by atoms with Gasteiger partial charge in [-0.3, -0.25) is 4.79 Å². The lowest BCUT2D eigenvalue weighted by atomic mass is 10.0. The maximum atomic E-state index is 14.4. The molecular weight excluding hydrogens is 395 g/mol. The maximum Gasteiger partial charge on any atom is 0.224 e. The third-order valence-corrected chi connectivity index (χ3v) is 6.00. The molecule has 29 heavy (non-hydrogen) atoms. The SMILES string of the molecule is O=C(NC(CO)c1ccc(F)c(N2CCOCC2)c1)C1CC1c1ccccc1Cl. The van der Waals surface area contributed by atoms with Gasteiger partial charge in [-0.25, -0.2) is 4.39 Å². The third-order valence-electron chi connectivity index (χ3n) is 5.66. The summed E-state index contributed by atoms with van der Waals surface area (Å²) in [4.78, 5) is 14.7. The van der Waals surface area contributed by atoms with Crippen molar-refractivity contribution in [3.63, 3.8) is 0 Å². The highest BCUT2D eigenvalue weighted by molar-refractivity contribution is 6.31. The standard InChI is InChI=1S/C22H24ClFN2O3/c23-18-4-2-1-3-15(18)16-12-17(16)22(28)25-20(13-27)14-5-6-19(24)21(11-14)26-7-9-29-10-8-26/h1-6,11,16-17,20,27H,7-10,12-13H2,(H,25,28). The zero-order valence-electron chi connectivity index (χ0n) is 16.0. The summed E-state index contributed by atoms with van der Waals surface area (Å²) in [7, 11) is 0. The topological polar surface area (TPSA) is 61.8 Å². The fourth-order valence-corrected chi connectivity index (χ4v) is 4.19. The highest BCUT2D eigenvalue weighted by Crippen LogP contribution is 2.49. The molecule has 4 rings (SSSR count). The number of hydrogen-bond acceptors (Lipinski definition) is 4. The number of carbonyl (C=O) groups is 1. The van der Waals surface area contributed by atoms with Crippen molar-refractivity contribution in [1.82, 2.24) is 5.32 Å². The first-order chi connectivity index (χ1) is 14.1. The molecule has 154 valence electrons. The van der Waals surface area contributed by atoms with Gasteiger partial charge in [-0.2, -0.15) is 0 Å². The third kappa shape index (κ3) is 4.39. The Morgan fingerprint density at radius 1 is 1.28 bits per heavy atom. The second-order valence-electron chi connectivity index (χ2n) is 7.52. The van der Waals surface area contributed by atoms with Gasteiger partial charge < -0.3 is 20.1 Å². The van der Waals surface area contributed by atoms with Crippen LogP contribution in [-0.4, -0.2) is 43.9 Å². The number of aliphatic hydroxyl groups excluding tert-OH is 1. The first-order valence-corrected chi connectivity index (χ1v) is 10.2. The summed E-state index contributed by atoms with van der Waals surface area (Å²) in [6, 6.07) is 11.7. The molecule has 2 aromatic rings. The molecule has 2 fully saturated rings. The molecule has 1 saturated heterocycles. The molecule has 2 N–H and O–H groups in total. The molecule has 1 aliphatic heterocycles. The van der Waals surface area contributed by atoms with Crippen LogP contribution in [0, 0.1) is 11.7 Å². The van der Waals surface area contributed by atoms with Crippen LogP contribution in [-0.2, 0) is 9.53 Å². The zero-order valence-corrected chi connectivity index (χ0v) is 16.7. The molecule has 0 aromatic heterocycles. The minimum atomic E-state index is -0.588. The Balaban J connectivity index is 1.45. The van der Waals surface area contributed by atoms with Crippen molar-refractivity contribution in [2.45, 2.75) is 18.4 Å². The van der Waals surface area contributed by atoms with E-state index in [2.05, 4.69) is 5.32 Å². The van der Waals surface area contributed by atoms with Crippen LogP contribution < -0.4 is 10.2 Å². The van der Waals surface area contributed by atoms with Gasteiger partial charge in [0.15, 0.2) is 0 Å². The largest absolute Gasteiger partial charge is 0.394 e. The summed E-state index contributed by atoms with van der Waals surface area (Å²) >= 11 is 6.24. The molecule has 3 atom stereocenters. The summed E-state index contributed by atoms with van der Waals surface area (Å²) in [6.45, 7) is 2.06. The minimum Gasteiger partial charge on any atom is -0.394 e. The number of nitrogens with zero attached hydrogens (tertiary/aromatic N) is 1. The monoisotopic (exact) mass is 418 g/mol. The molecule has 3 unspecified atom stereocenters. The van der Waals surface area contributed by atoms with Crippen LogP contribution in [0.4, 0.5) is 10.1 Å². The van der Waals surface area contributed by atoms with Crippen molar-refractivity contribution in [3.05, 3.63) is 64.4 Å². The summed E-state index contributed by atoms with van der Waals surface area (Å²) in [5, 5.41) is 13.4. The average Bonchev–Trinajstić information content (AvgIpc) is 3.54. The number of rotatable bonds is 6. The number of ether oxygens (including phenoxy) is 1. The molecule has 0 spiro atoms. The molecular formula is C22H24ClFN2O3. The van der Waals surface area contributed by atoms with Crippen molar-refractivity contribution in [2.24, 2.45) is 5.92 Å². The molecule has 5 nitrogen and oxygen atoms in total. The van der Waals surface area contributed by atoms with E-state index in [9.17, 15) is 14.3 Å². The van der Waals surface area contributed by atoms with E-state index in [-0.39, 0.29) is 30.2 Å². The van der Waals surface area contributed by atoms with Gasteiger partial charge in [0.2, 0.25) is 5.91 Å². The number of carbonyl (C=O) groups excluding carboxylic acids is 1. The zero-order chi connectivity index (χ0) is 20.4. The Kier molecular flexibility index (Phi) is 6.04. The van der Waals surface area contributed by atoms with Gasteiger partial charge in [0.25, 0.3) is 0 Å². The smallest absolute Gasteiger partial charge is 0.224 e. The molecule has 1 aliphatic carbocycles. The van der Waals surface area contributed by atoms with E-state index in [1.54, 1.807) is 12.1 Å². The number of amides is 1. The van der Waals surface area contributed by atoms with Crippen LogP contribution in [0.3, 0.4) is 0 Å². The quantitative estimate of drug-likeness (QED) is 0.755. The van der Waals surface area contributed by atoms with Gasteiger partial charge in [0.1, 0.15) is 5.82 Å². The number of benzene rings is 2. The van der Waals surface area contributed by atoms with Crippen LogP contribution >= 0.6 is 11.6 Å². The van der Waals surface area contributed by atoms with E-state index in [4.69, 9.17) is 16.3 Å². The van der Waals surface area contributed by atoms with Gasteiger partial charge in [0, 0.05) is 24.0 Å². The number of morpholine rings is 1. The van der Waals surface area contributed by atoms with Crippen LogP contribution in [0.2, 0.25) is 5.02 Å². The number of anilines is 1. The highest BCUT2D eigenvalue weighted by atomic mass is 35.5. The first-order valence-electron chi connectivity index (χ1n) is 9.86. The van der Waals surface area contributed by atoms with Crippen molar-refractivity contribution in [1.29, 1.82) is 0 Å². The molecule has 2 aromatic carbocycles. The lowest BCUT2D eigenvalue weighted by Gasteiger charge is -2.30. The summed E-state index contributed by atoms with van der Waals surface area (Å²) in [6.07, 6.45) is 0.732. The minimum absolute atomic E-state index is 0.0974. The van der Waals surface area contributed by atoms with E-state index < -0.39 is 6.04 Å². The molecule has 1 amide bonds. The number of hydrogen-bond donors (Lipinski definition) is 2. The van der Waals surface area contributed by atoms with E-state index in [0.29, 0.717) is 42.6 Å². The van der Waals surface area contributed by atoms with E-state index in [1.165, 1.54) is 6.07 Å². The normalized spacial score (nSPS) is 22.2. The van der Waals surface area contributed by atoms with E-state index in [0.717, 1.165) is 12.0 Å². The number of nitrogens with one attached hydrogen (secondary N) is 1. The first kappa shape index (κ1) is 20.1. The lowest BCUT2D eigenvalue weighted by Crippen LogP contribution is -2.37. The van der Waals surface area contributed by atoms with Crippen LogP contribution in [0.1, 0.15) is 29.5 Å². The van der Waals surface area contributed by atoms with Crippen molar-refractivity contribution >= 4 is 23.2 Å². The van der Waals surface area contributed by atoms with Crippen LogP contribution in [0.15, 0.2) is 42.5 Å². The summed E-state index contributed by atoms with van der Waals surface area (Å²) < 4.78 is 19.7. The van der Waals surface area contributed by atoms with Gasteiger partial charge in [-0.1, -0.05) is 35.9 Å². The predicted molar refractivity (Wildman–Crippen MR) is 110 cm³/mol. The number of aliphatic hydroxyl groups is 1. The number of halogens is 2. The Morgan fingerprint density at radius 2 is 2.03 bits per heavy atom. The Morgan fingerprint density at radius 3 is 2.76 bits per heavy atom. The predicted octanol–water partition coefficient (Wildman–Crippen LogP) is 3.27. The molecule has 0 radical (unpaired) electrons. The van der Waals surface area contributed by atoms with E-state index >= 15 is 0 Å². The lowest BCUT2D eigenvalue weighted by molar-refractivity contribution is -0.123. The molecule has 7 heteroatoms. The van der Waals surface area contributed by atoms with Crippen molar-refractivity contribution in [3.8, 4) is 0 Å². The molecule has 1 saturated carbocycles. The molecule has 0 bridgehead atoms. The fourth-order valence-electron chi connectivity index (χ4n) is 3.91. The summed E-state index contributed by atoms with van der Waals surface area (Å²) in [5.41, 5.74) is 2.13. The fraction of sp³-hybridized carbons (Fsp3) is 0.409. The Hall–Kier alpha value is -2.15. The second kappa shape index (κ2) is 8.69. The van der Waals surface area contributed by atoms with Gasteiger partial charge in [-0.05, 0) is 41.7 Å². The Bertz CT molecular complexity index is 888. The van der Waals surface area contributed by atoms with Crippen molar-refractivity contribution < 1.29 is 19.0 Å². The Labute approximate surface area is 174 Å². The highest BCUT2D eigenvalue weighted by Gasteiger charge is 2.45. The van der Waals surface area contributed by atoms with Crippen LogP contribution in [0.5, 0.6) is 0 Å². The van der Waals surface area contributed by atoms with Crippen LogP contribution in [0.25, 0.3) is 0 Å². The summed E-state index contributed by atoms with van der Waals surface area (Å²) in [5.74, 6) is -0.505. The van der Waals surface area contributed by atoms with Gasteiger partial charge in [0.05, 0.1) is 31.5 Å². The average molecular weight is 419 g/mol. The van der Waals surface area contributed by atoms with E-state index in [1.807, 2.05) is 29.2 Å². The van der Waals surface area contributed by atoms with Gasteiger partial charge >= 0.3 is 0 Å². The second-order valence-corrected chi connectivity index (χ2v) is 7.93. The molecule has 1 heterocycles.